The summed E-state index contributed by atoms with van der Waals surface area (Å²) < 4.78 is 4.56. The Kier molecular flexibility index (Phi) is 3.27. The number of para-hydroxylation sites is 1. The van der Waals surface area contributed by atoms with Crippen LogP contribution in [0.15, 0.2) is 73.4 Å². The molecule has 3 aromatic heterocycles. The van der Waals surface area contributed by atoms with Gasteiger partial charge in [0.2, 0.25) is 0 Å². The standard InChI is InChI=1S/C21H18N4/c1-2-7-17-16(6-1)14-23-20-18-8-3-4-9-19(18)25(21(17)20)12-5-11-24-13-10-22-15-24/h1-4,6-10,13-15H,5,11-12H2. The summed E-state index contributed by atoms with van der Waals surface area (Å²) in [6, 6.07) is 17.1. The van der Waals surface area contributed by atoms with Crippen molar-refractivity contribution in [2.45, 2.75) is 19.5 Å². The van der Waals surface area contributed by atoms with Crippen molar-refractivity contribution in [2.24, 2.45) is 0 Å². The number of aryl methyl sites for hydroxylation is 2. The molecule has 2 aromatic carbocycles. The van der Waals surface area contributed by atoms with Crippen molar-refractivity contribution in [3.8, 4) is 0 Å². The van der Waals surface area contributed by atoms with E-state index in [4.69, 9.17) is 4.98 Å². The van der Waals surface area contributed by atoms with E-state index in [1.165, 1.54) is 27.2 Å². The molecule has 4 heteroatoms. The highest BCUT2D eigenvalue weighted by Gasteiger charge is 2.13. The molecule has 0 atom stereocenters. The minimum atomic E-state index is 0.956. The molecule has 122 valence electrons. The van der Waals surface area contributed by atoms with Crippen LogP contribution < -0.4 is 0 Å². The highest BCUT2D eigenvalue weighted by Crippen LogP contribution is 2.32. The molecule has 0 radical (unpaired) electrons. The number of imidazole rings is 1. The topological polar surface area (TPSA) is 35.6 Å². The molecule has 4 nitrogen and oxygen atoms in total. The van der Waals surface area contributed by atoms with E-state index >= 15 is 0 Å². The van der Waals surface area contributed by atoms with Crippen molar-refractivity contribution in [1.29, 1.82) is 0 Å². The van der Waals surface area contributed by atoms with Gasteiger partial charge in [-0.25, -0.2) is 4.98 Å². The fourth-order valence-corrected chi connectivity index (χ4v) is 3.71. The summed E-state index contributed by atoms with van der Waals surface area (Å²) in [5, 5.41) is 3.69. The van der Waals surface area contributed by atoms with Gasteiger partial charge in [-0.15, -0.1) is 0 Å². The first-order valence-corrected chi connectivity index (χ1v) is 8.62. The van der Waals surface area contributed by atoms with Crippen LogP contribution in [0.4, 0.5) is 0 Å². The quantitative estimate of drug-likeness (QED) is 0.483. The second-order valence-corrected chi connectivity index (χ2v) is 6.37. The van der Waals surface area contributed by atoms with Crippen molar-refractivity contribution in [3.05, 3.63) is 73.4 Å². The van der Waals surface area contributed by atoms with E-state index in [0.29, 0.717) is 0 Å². The van der Waals surface area contributed by atoms with Gasteiger partial charge < -0.3 is 9.13 Å². The van der Waals surface area contributed by atoms with Gasteiger partial charge in [-0.3, -0.25) is 4.98 Å². The lowest BCUT2D eigenvalue weighted by atomic mass is 10.1. The maximum Gasteiger partial charge on any atom is 0.0966 e. The smallest absolute Gasteiger partial charge is 0.0966 e. The van der Waals surface area contributed by atoms with E-state index in [2.05, 4.69) is 62.6 Å². The molecule has 0 bridgehead atoms. The minimum absolute atomic E-state index is 0.956. The maximum atomic E-state index is 4.78. The van der Waals surface area contributed by atoms with Gasteiger partial charge in [0.05, 0.1) is 22.9 Å². The number of rotatable bonds is 4. The molecular formula is C21H18N4. The number of hydrogen-bond donors (Lipinski definition) is 0. The van der Waals surface area contributed by atoms with Gasteiger partial charge in [0.15, 0.2) is 0 Å². The monoisotopic (exact) mass is 326 g/mol. The first kappa shape index (κ1) is 14.2. The van der Waals surface area contributed by atoms with Crippen LogP contribution in [-0.4, -0.2) is 19.1 Å². The number of aromatic nitrogens is 4. The summed E-state index contributed by atoms with van der Waals surface area (Å²) in [4.78, 5) is 8.90. The van der Waals surface area contributed by atoms with Crippen LogP contribution in [-0.2, 0) is 13.1 Å². The third-order valence-corrected chi connectivity index (χ3v) is 4.85. The molecule has 25 heavy (non-hydrogen) atoms. The third-order valence-electron chi connectivity index (χ3n) is 4.85. The predicted octanol–water partition coefficient (Wildman–Crippen LogP) is 4.63. The second-order valence-electron chi connectivity index (χ2n) is 6.37. The lowest BCUT2D eigenvalue weighted by molar-refractivity contribution is 0.581. The fraction of sp³-hybridized carbons (Fsp3) is 0.143. The molecule has 0 saturated carbocycles. The Balaban J connectivity index is 1.69. The highest BCUT2D eigenvalue weighted by molar-refractivity contribution is 6.15. The zero-order valence-corrected chi connectivity index (χ0v) is 13.8. The van der Waals surface area contributed by atoms with Gasteiger partial charge in [0.25, 0.3) is 0 Å². The minimum Gasteiger partial charge on any atom is -0.339 e. The van der Waals surface area contributed by atoms with E-state index in [-0.39, 0.29) is 0 Å². The van der Waals surface area contributed by atoms with Crippen molar-refractivity contribution in [2.75, 3.05) is 0 Å². The molecule has 0 amide bonds. The molecule has 5 rings (SSSR count). The van der Waals surface area contributed by atoms with Crippen molar-refractivity contribution in [3.63, 3.8) is 0 Å². The summed E-state index contributed by atoms with van der Waals surface area (Å²) in [6.45, 7) is 1.92. The van der Waals surface area contributed by atoms with Crippen LogP contribution in [0.3, 0.4) is 0 Å². The Morgan fingerprint density at radius 1 is 0.880 bits per heavy atom. The number of pyridine rings is 1. The SMILES string of the molecule is c1ccc2c(c1)cnc1c3ccccc3n(CCCn3ccnc3)c21. The fourth-order valence-electron chi connectivity index (χ4n) is 3.71. The van der Waals surface area contributed by atoms with Crippen LogP contribution >= 0.6 is 0 Å². The Labute approximate surface area is 145 Å². The largest absolute Gasteiger partial charge is 0.339 e. The highest BCUT2D eigenvalue weighted by atomic mass is 15.0. The number of nitrogens with zero attached hydrogens (tertiary/aromatic N) is 4. The summed E-state index contributed by atoms with van der Waals surface area (Å²) >= 11 is 0. The summed E-state index contributed by atoms with van der Waals surface area (Å²) in [6.07, 6.45) is 8.76. The average Bonchev–Trinajstić information content (AvgIpc) is 3.29. The average molecular weight is 326 g/mol. The Morgan fingerprint density at radius 3 is 2.60 bits per heavy atom. The molecule has 3 heterocycles. The second kappa shape index (κ2) is 5.74. The molecule has 0 aliphatic heterocycles. The van der Waals surface area contributed by atoms with Crippen LogP contribution in [0, 0.1) is 0 Å². The lowest BCUT2D eigenvalue weighted by Gasteiger charge is -2.09. The summed E-state index contributed by atoms with van der Waals surface area (Å²) in [7, 11) is 0. The first-order chi connectivity index (χ1) is 12.4. The zero-order chi connectivity index (χ0) is 16.6. The van der Waals surface area contributed by atoms with E-state index < -0.39 is 0 Å². The molecule has 0 spiro atoms. The van der Waals surface area contributed by atoms with Crippen molar-refractivity contribution in [1.82, 2.24) is 19.1 Å². The molecule has 0 unspecified atom stereocenters. The molecule has 0 aliphatic carbocycles. The number of benzene rings is 2. The Bertz CT molecular complexity index is 1170. The van der Waals surface area contributed by atoms with E-state index in [0.717, 1.165) is 25.0 Å². The van der Waals surface area contributed by atoms with Gasteiger partial charge in [-0.2, -0.15) is 0 Å². The molecule has 0 aliphatic rings. The van der Waals surface area contributed by atoms with E-state index in [1.807, 2.05) is 24.9 Å². The van der Waals surface area contributed by atoms with Gasteiger partial charge in [-0.1, -0.05) is 42.5 Å². The zero-order valence-electron chi connectivity index (χ0n) is 13.8. The van der Waals surface area contributed by atoms with Crippen LogP contribution in [0.1, 0.15) is 6.42 Å². The van der Waals surface area contributed by atoms with Gasteiger partial charge in [0.1, 0.15) is 0 Å². The predicted molar refractivity (Wildman–Crippen MR) is 102 cm³/mol. The maximum absolute atomic E-state index is 4.78. The van der Waals surface area contributed by atoms with Crippen molar-refractivity contribution >= 4 is 32.7 Å². The van der Waals surface area contributed by atoms with Gasteiger partial charge >= 0.3 is 0 Å². The van der Waals surface area contributed by atoms with Gasteiger partial charge in [0, 0.05) is 47.8 Å². The normalized spacial score (nSPS) is 11.7. The van der Waals surface area contributed by atoms with E-state index in [1.54, 1.807) is 0 Å². The molecule has 5 aromatic rings. The number of fused-ring (bicyclic) bond motifs is 5. The van der Waals surface area contributed by atoms with Crippen LogP contribution in [0.5, 0.6) is 0 Å². The first-order valence-electron chi connectivity index (χ1n) is 8.62. The molecule has 0 fully saturated rings. The molecule has 0 saturated heterocycles. The van der Waals surface area contributed by atoms with Crippen LogP contribution in [0.25, 0.3) is 32.7 Å². The summed E-state index contributed by atoms with van der Waals surface area (Å²) in [5.74, 6) is 0. The lowest BCUT2D eigenvalue weighted by Crippen LogP contribution is -2.03. The molecule has 0 N–H and O–H groups in total. The van der Waals surface area contributed by atoms with Crippen LogP contribution in [0.2, 0.25) is 0 Å². The third kappa shape index (κ3) is 2.30. The molecular weight excluding hydrogens is 308 g/mol. The summed E-state index contributed by atoms with van der Waals surface area (Å²) in [5.41, 5.74) is 3.59. The number of hydrogen-bond acceptors (Lipinski definition) is 2. The van der Waals surface area contributed by atoms with Gasteiger partial charge in [-0.05, 0) is 12.5 Å². The Morgan fingerprint density at radius 2 is 1.72 bits per heavy atom. The van der Waals surface area contributed by atoms with Crippen molar-refractivity contribution < 1.29 is 0 Å². The Hall–Kier alpha value is -3.14. The van der Waals surface area contributed by atoms with E-state index in [9.17, 15) is 0 Å².